The van der Waals surface area contributed by atoms with Gasteiger partial charge in [0.05, 0.1) is 5.69 Å². The Labute approximate surface area is 155 Å². The van der Waals surface area contributed by atoms with E-state index in [-0.39, 0.29) is 12.3 Å². The average molecular weight is 355 g/mol. The number of nitrogens with one attached hydrogen (secondary N) is 1. The zero-order chi connectivity index (χ0) is 17.8. The van der Waals surface area contributed by atoms with E-state index in [0.717, 1.165) is 36.5 Å². The second-order valence-electron chi connectivity index (χ2n) is 7.46. The molecular weight excluding hydrogens is 326 g/mol. The fourth-order valence-corrected chi connectivity index (χ4v) is 4.05. The number of benzene rings is 1. The molecule has 2 unspecified atom stereocenters. The van der Waals surface area contributed by atoms with Gasteiger partial charge < -0.3 is 15.4 Å². The third-order valence-corrected chi connectivity index (χ3v) is 5.44. The molecule has 6 heteroatoms. The minimum atomic E-state index is 0.0848. The number of H-pyrrole nitrogens is 1. The number of likely N-dealkylation sites (tertiary alicyclic amines) is 2. The molecular formula is C20H29N5O. The van der Waals surface area contributed by atoms with Crippen molar-refractivity contribution in [1.29, 1.82) is 0 Å². The summed E-state index contributed by atoms with van der Waals surface area (Å²) in [7, 11) is 0. The summed E-state index contributed by atoms with van der Waals surface area (Å²) in [5.41, 5.74) is 8.34. The molecule has 1 aromatic heterocycles. The SMILES string of the molecule is NC1CC(Oc2ccc(-c3ccn[nH]3)cc2)N(CCCN2CCCC2)C1. The number of nitrogens with zero attached hydrogens (tertiary/aromatic N) is 3. The Morgan fingerprint density at radius 3 is 2.65 bits per heavy atom. The lowest BCUT2D eigenvalue weighted by atomic mass is 10.1. The second kappa shape index (κ2) is 8.20. The highest BCUT2D eigenvalue weighted by Gasteiger charge is 2.31. The van der Waals surface area contributed by atoms with Gasteiger partial charge in [0, 0.05) is 31.7 Å². The average Bonchev–Trinajstić information content (AvgIpc) is 3.39. The van der Waals surface area contributed by atoms with Crippen molar-refractivity contribution in [2.45, 2.75) is 38.0 Å². The summed E-state index contributed by atoms with van der Waals surface area (Å²) in [6.07, 6.45) is 6.64. The number of aromatic nitrogens is 2. The van der Waals surface area contributed by atoms with Crippen LogP contribution in [0.2, 0.25) is 0 Å². The van der Waals surface area contributed by atoms with Crippen LogP contribution in [0, 0.1) is 0 Å². The Morgan fingerprint density at radius 1 is 1.12 bits per heavy atom. The van der Waals surface area contributed by atoms with Gasteiger partial charge in [-0.15, -0.1) is 0 Å². The molecule has 0 spiro atoms. The van der Waals surface area contributed by atoms with Crippen molar-refractivity contribution in [3.05, 3.63) is 36.5 Å². The predicted octanol–water partition coefficient (Wildman–Crippen LogP) is 2.30. The van der Waals surface area contributed by atoms with Crippen molar-refractivity contribution >= 4 is 0 Å². The van der Waals surface area contributed by atoms with Crippen LogP contribution in [-0.4, -0.2) is 65.0 Å². The first-order valence-electron chi connectivity index (χ1n) is 9.76. The minimum absolute atomic E-state index is 0.0848. The highest BCUT2D eigenvalue weighted by atomic mass is 16.5. The summed E-state index contributed by atoms with van der Waals surface area (Å²) in [5.74, 6) is 0.900. The molecule has 0 aliphatic carbocycles. The quantitative estimate of drug-likeness (QED) is 0.797. The number of hydrogen-bond donors (Lipinski definition) is 2. The number of ether oxygens (including phenoxy) is 1. The third-order valence-electron chi connectivity index (χ3n) is 5.44. The van der Waals surface area contributed by atoms with Gasteiger partial charge in [-0.3, -0.25) is 10.00 Å². The first-order valence-corrected chi connectivity index (χ1v) is 9.76. The number of rotatable bonds is 7. The molecule has 2 aliphatic rings. The van der Waals surface area contributed by atoms with Crippen LogP contribution >= 0.6 is 0 Å². The number of nitrogens with two attached hydrogens (primary N) is 1. The molecule has 2 saturated heterocycles. The van der Waals surface area contributed by atoms with Gasteiger partial charge in [-0.1, -0.05) is 0 Å². The van der Waals surface area contributed by atoms with E-state index >= 15 is 0 Å². The lowest BCUT2D eigenvalue weighted by molar-refractivity contribution is 0.0580. The molecule has 6 nitrogen and oxygen atoms in total. The minimum Gasteiger partial charge on any atom is -0.475 e. The van der Waals surface area contributed by atoms with Crippen LogP contribution < -0.4 is 10.5 Å². The summed E-state index contributed by atoms with van der Waals surface area (Å²) in [6, 6.07) is 10.4. The van der Waals surface area contributed by atoms with Gasteiger partial charge in [-0.2, -0.15) is 5.10 Å². The topological polar surface area (TPSA) is 70.4 Å². The predicted molar refractivity (Wildman–Crippen MR) is 103 cm³/mol. The van der Waals surface area contributed by atoms with E-state index in [4.69, 9.17) is 10.5 Å². The molecule has 2 fully saturated rings. The standard InChI is InChI=1S/C20H29N5O/c21-17-14-20(25(15-17)13-3-12-24-10-1-2-11-24)26-18-6-4-16(5-7-18)19-8-9-22-23-19/h4-9,17,20H,1-3,10-15,21H2,(H,22,23). The molecule has 0 bridgehead atoms. The molecule has 0 radical (unpaired) electrons. The molecule has 3 N–H and O–H groups in total. The van der Waals surface area contributed by atoms with Crippen molar-refractivity contribution in [1.82, 2.24) is 20.0 Å². The van der Waals surface area contributed by atoms with Crippen LogP contribution in [0.3, 0.4) is 0 Å². The van der Waals surface area contributed by atoms with Crippen LogP contribution in [0.5, 0.6) is 5.75 Å². The van der Waals surface area contributed by atoms with Gasteiger partial charge in [-0.25, -0.2) is 0 Å². The van der Waals surface area contributed by atoms with Crippen LogP contribution in [0.4, 0.5) is 0 Å². The summed E-state index contributed by atoms with van der Waals surface area (Å²) in [5, 5.41) is 6.98. The molecule has 26 heavy (non-hydrogen) atoms. The highest BCUT2D eigenvalue weighted by molar-refractivity contribution is 5.59. The van der Waals surface area contributed by atoms with Gasteiger partial charge in [0.1, 0.15) is 5.75 Å². The Hall–Kier alpha value is -1.89. The normalized spacial score (nSPS) is 24.3. The van der Waals surface area contributed by atoms with Crippen LogP contribution in [0.1, 0.15) is 25.7 Å². The third kappa shape index (κ3) is 4.26. The fourth-order valence-electron chi connectivity index (χ4n) is 4.05. The molecule has 4 rings (SSSR count). The molecule has 0 saturated carbocycles. The van der Waals surface area contributed by atoms with Crippen molar-refractivity contribution in [2.75, 3.05) is 32.7 Å². The van der Waals surface area contributed by atoms with E-state index in [9.17, 15) is 0 Å². The highest BCUT2D eigenvalue weighted by Crippen LogP contribution is 2.25. The number of hydrogen-bond acceptors (Lipinski definition) is 5. The van der Waals surface area contributed by atoms with E-state index in [0.29, 0.717) is 0 Å². The maximum atomic E-state index is 6.26. The largest absolute Gasteiger partial charge is 0.475 e. The summed E-state index contributed by atoms with van der Waals surface area (Å²) in [6.45, 7) is 5.71. The van der Waals surface area contributed by atoms with Crippen LogP contribution in [0.15, 0.2) is 36.5 Å². The molecule has 1 aromatic carbocycles. The van der Waals surface area contributed by atoms with Gasteiger partial charge in [-0.05, 0) is 74.8 Å². The van der Waals surface area contributed by atoms with Crippen LogP contribution in [0.25, 0.3) is 11.3 Å². The fraction of sp³-hybridized carbons (Fsp3) is 0.550. The van der Waals surface area contributed by atoms with Crippen molar-refractivity contribution < 1.29 is 4.74 Å². The van der Waals surface area contributed by atoms with Gasteiger partial charge in [0.2, 0.25) is 0 Å². The van der Waals surface area contributed by atoms with E-state index in [2.05, 4.69) is 32.1 Å². The molecule has 2 aliphatic heterocycles. The lowest BCUT2D eigenvalue weighted by Crippen LogP contribution is -2.36. The Balaban J connectivity index is 1.31. The molecule has 140 valence electrons. The Morgan fingerprint density at radius 2 is 1.92 bits per heavy atom. The molecule has 3 heterocycles. The van der Waals surface area contributed by atoms with E-state index in [1.54, 1.807) is 6.20 Å². The maximum absolute atomic E-state index is 6.26. The Bertz CT molecular complexity index is 666. The first kappa shape index (κ1) is 17.5. The summed E-state index contributed by atoms with van der Waals surface area (Å²) in [4.78, 5) is 4.98. The zero-order valence-electron chi connectivity index (χ0n) is 15.3. The molecule has 2 atom stereocenters. The zero-order valence-corrected chi connectivity index (χ0v) is 15.3. The van der Waals surface area contributed by atoms with Crippen molar-refractivity contribution in [2.24, 2.45) is 5.73 Å². The first-order chi connectivity index (χ1) is 12.8. The summed E-state index contributed by atoms with van der Waals surface area (Å²) < 4.78 is 6.26. The van der Waals surface area contributed by atoms with E-state index in [1.807, 2.05) is 18.2 Å². The number of aromatic amines is 1. The Kier molecular flexibility index (Phi) is 5.53. The monoisotopic (exact) mass is 355 g/mol. The maximum Gasteiger partial charge on any atom is 0.154 e. The van der Waals surface area contributed by atoms with Crippen molar-refractivity contribution in [3.63, 3.8) is 0 Å². The van der Waals surface area contributed by atoms with Gasteiger partial charge in [0.25, 0.3) is 0 Å². The molecule has 2 aromatic rings. The van der Waals surface area contributed by atoms with Gasteiger partial charge >= 0.3 is 0 Å². The smallest absolute Gasteiger partial charge is 0.154 e. The lowest BCUT2D eigenvalue weighted by Gasteiger charge is -2.26. The second-order valence-corrected chi connectivity index (χ2v) is 7.46. The van der Waals surface area contributed by atoms with E-state index in [1.165, 1.54) is 38.9 Å². The summed E-state index contributed by atoms with van der Waals surface area (Å²) >= 11 is 0. The van der Waals surface area contributed by atoms with E-state index < -0.39 is 0 Å². The molecule has 0 amide bonds. The van der Waals surface area contributed by atoms with Gasteiger partial charge in [0.15, 0.2) is 6.23 Å². The van der Waals surface area contributed by atoms with Crippen molar-refractivity contribution in [3.8, 4) is 17.0 Å². The van der Waals surface area contributed by atoms with Crippen LogP contribution in [-0.2, 0) is 0 Å².